The van der Waals surface area contributed by atoms with Gasteiger partial charge in [0.15, 0.2) is 11.6 Å². The van der Waals surface area contributed by atoms with Crippen molar-refractivity contribution in [3.05, 3.63) is 35.4 Å². The highest BCUT2D eigenvalue weighted by Gasteiger charge is 2.78. The third kappa shape index (κ3) is 3.52. The Labute approximate surface area is 270 Å². The molecule has 0 aromatic heterocycles. The summed E-state index contributed by atoms with van der Waals surface area (Å²) in [5.41, 5.74) is -15.1. The van der Waals surface area contributed by atoms with Gasteiger partial charge in [0, 0.05) is 24.0 Å². The summed E-state index contributed by atoms with van der Waals surface area (Å²) in [5, 5.41) is 68.1. The summed E-state index contributed by atoms with van der Waals surface area (Å²) in [5.74, 6) is -13.4. The molecule has 0 saturated heterocycles. The van der Waals surface area contributed by atoms with Crippen molar-refractivity contribution in [2.24, 2.45) is 11.8 Å². The molecule has 0 radical (unpaired) electrons. The van der Waals surface area contributed by atoms with Gasteiger partial charge in [0.1, 0.15) is 46.3 Å². The molecule has 2 aromatic rings. The number of rotatable bonds is 3. The number of carbonyl (C=O) groups is 6. The third-order valence-electron chi connectivity index (χ3n) is 10.0. The number of Topliss-reactive ketones (excluding diaryl/α,β-unsaturated/α-hetero) is 4. The lowest BCUT2D eigenvalue weighted by Gasteiger charge is -2.52. The largest absolute Gasteiger partial charge is 0.506 e. The fourth-order valence-electron chi connectivity index (χ4n) is 7.43. The van der Waals surface area contributed by atoms with Gasteiger partial charge in [-0.3, -0.25) is 19.2 Å². The van der Waals surface area contributed by atoms with Crippen LogP contribution in [0.2, 0.25) is 0 Å². The maximum Gasteiger partial charge on any atom is 0.357 e. The quantitative estimate of drug-likeness (QED) is 0.171. The number of benzene rings is 2. The van der Waals surface area contributed by atoms with E-state index in [4.69, 9.17) is 18.9 Å². The molecule has 0 unspecified atom stereocenters. The van der Waals surface area contributed by atoms with Crippen LogP contribution in [0.25, 0.3) is 11.1 Å². The van der Waals surface area contributed by atoms with Gasteiger partial charge in [0.2, 0.25) is 22.8 Å². The Morgan fingerprint density at radius 3 is 1.33 bits per heavy atom. The van der Waals surface area contributed by atoms with Crippen LogP contribution in [0, 0.1) is 11.8 Å². The lowest BCUT2D eigenvalue weighted by molar-refractivity contribution is -0.219. The van der Waals surface area contributed by atoms with E-state index in [0.717, 1.165) is 38.5 Å². The Morgan fingerprint density at radius 2 is 1.02 bits per heavy atom. The van der Waals surface area contributed by atoms with Crippen LogP contribution in [0.15, 0.2) is 24.3 Å². The summed E-state index contributed by atoms with van der Waals surface area (Å²) in [6.45, 7) is 2.77. The van der Waals surface area contributed by atoms with Crippen molar-refractivity contribution < 1.29 is 78.4 Å². The number of aliphatic hydroxyl groups excluding tert-OH is 2. The number of hydrogen-bond acceptors (Lipinski definition) is 16. The van der Waals surface area contributed by atoms with Gasteiger partial charge in [-0.05, 0) is 36.1 Å². The van der Waals surface area contributed by atoms with E-state index in [-0.39, 0.29) is 0 Å². The van der Waals surface area contributed by atoms with Crippen LogP contribution in [0.4, 0.5) is 0 Å². The van der Waals surface area contributed by atoms with E-state index in [1.807, 2.05) is 0 Å². The first kappa shape index (κ1) is 33.0. The molecule has 2 aromatic carbocycles. The monoisotopic (exact) mass is 670 g/mol. The van der Waals surface area contributed by atoms with Crippen molar-refractivity contribution in [1.82, 2.24) is 0 Å². The van der Waals surface area contributed by atoms with Gasteiger partial charge in [0.25, 0.3) is 11.2 Å². The average molecular weight is 671 g/mol. The number of ketones is 4. The Morgan fingerprint density at radius 1 is 0.688 bits per heavy atom. The first-order valence-corrected chi connectivity index (χ1v) is 14.7. The average Bonchev–Trinajstić information content (AvgIpc) is 3.05. The van der Waals surface area contributed by atoms with Crippen molar-refractivity contribution in [1.29, 1.82) is 0 Å². The molecule has 2 fully saturated rings. The number of ether oxygens (including phenoxy) is 4. The molecule has 8 atom stereocenters. The van der Waals surface area contributed by atoms with Gasteiger partial charge in [-0.25, -0.2) is 9.59 Å². The highest BCUT2D eigenvalue weighted by atomic mass is 16.6. The van der Waals surface area contributed by atoms with Crippen molar-refractivity contribution in [2.75, 3.05) is 14.2 Å². The van der Waals surface area contributed by atoms with E-state index >= 15 is 0 Å². The fourth-order valence-corrected chi connectivity index (χ4v) is 7.43. The topological polar surface area (TPSA) is 261 Å². The number of phenols is 2. The predicted octanol–water partition coefficient (Wildman–Crippen LogP) is -0.860. The molecule has 254 valence electrons. The number of methoxy groups -OCH3 is 2. The zero-order valence-corrected chi connectivity index (χ0v) is 25.8. The Hall–Kier alpha value is -4.90. The van der Waals surface area contributed by atoms with Crippen molar-refractivity contribution in [3.63, 3.8) is 0 Å². The lowest BCUT2D eigenvalue weighted by atomic mass is 9.61. The summed E-state index contributed by atoms with van der Waals surface area (Å²) in [6.07, 6.45) is -4.96. The van der Waals surface area contributed by atoms with Crippen LogP contribution in [0.1, 0.15) is 47.4 Å². The molecule has 2 heterocycles. The minimum Gasteiger partial charge on any atom is -0.506 e. The van der Waals surface area contributed by atoms with E-state index in [0.29, 0.717) is 0 Å². The van der Waals surface area contributed by atoms with Gasteiger partial charge >= 0.3 is 11.9 Å². The normalized spacial score (nSPS) is 35.2. The molecule has 16 heteroatoms. The van der Waals surface area contributed by atoms with Crippen LogP contribution in [-0.2, 0) is 28.7 Å². The number of aromatic hydroxyl groups is 2. The van der Waals surface area contributed by atoms with Gasteiger partial charge in [-0.1, -0.05) is 13.8 Å². The van der Waals surface area contributed by atoms with Crippen molar-refractivity contribution >= 4 is 35.1 Å². The highest BCUT2D eigenvalue weighted by molar-refractivity contribution is 6.27. The Balaban J connectivity index is 1.54. The molecule has 0 spiro atoms. The van der Waals surface area contributed by atoms with Crippen LogP contribution in [-0.4, -0.2) is 115 Å². The summed E-state index contributed by atoms with van der Waals surface area (Å²) in [4.78, 5) is 80.5. The summed E-state index contributed by atoms with van der Waals surface area (Å²) in [7, 11) is 1.77. The maximum absolute atomic E-state index is 14.0. The van der Waals surface area contributed by atoms with Crippen molar-refractivity contribution in [3.8, 4) is 34.1 Å². The molecule has 6 N–H and O–H groups in total. The molecule has 6 rings (SSSR count). The second-order valence-corrected chi connectivity index (χ2v) is 12.5. The molecular weight excluding hydrogens is 640 g/mol. The van der Waals surface area contributed by atoms with E-state index in [1.54, 1.807) is 0 Å². The molecule has 2 aliphatic heterocycles. The maximum atomic E-state index is 14.0. The molecular formula is C32H30O16. The molecule has 48 heavy (non-hydrogen) atoms. The predicted molar refractivity (Wildman–Crippen MR) is 154 cm³/mol. The van der Waals surface area contributed by atoms with Crippen LogP contribution in [0.3, 0.4) is 0 Å². The van der Waals surface area contributed by atoms with E-state index in [1.165, 1.54) is 13.8 Å². The summed E-state index contributed by atoms with van der Waals surface area (Å²) in [6, 6.07) is 4.19. The minimum atomic E-state index is -3.36. The first-order valence-electron chi connectivity index (χ1n) is 14.7. The Bertz CT molecular complexity index is 1730. The van der Waals surface area contributed by atoms with E-state index < -0.39 is 140 Å². The molecule has 2 saturated carbocycles. The number of hydrogen-bond donors (Lipinski definition) is 6. The van der Waals surface area contributed by atoms with Crippen LogP contribution < -0.4 is 9.47 Å². The summed E-state index contributed by atoms with van der Waals surface area (Å²) >= 11 is 0. The summed E-state index contributed by atoms with van der Waals surface area (Å²) < 4.78 is 20.9. The standard InChI is InChI=1S/C32H30O16/c1-11-9-17(33)29(43)25(39)19-15(47-31(29,23(11)37)27(41)45-3)7-5-13(21(19)35)14-6-8-16-20(22(14)36)26(40)30(44)18(34)10-12(2)24(38)32(30,48-16)28(42)46-4/h5-8,11-12,23-24,35-38,43-44H,9-10H2,1-4H3/t11-,12-,23+,24+,29-,30-,31+,32+/m0/s1. The molecule has 16 nitrogen and oxygen atoms in total. The fraction of sp³-hybridized carbons (Fsp3) is 0.438. The molecule has 0 amide bonds. The number of fused-ring (bicyclic) bond motifs is 4. The second-order valence-electron chi connectivity index (χ2n) is 12.5. The van der Waals surface area contributed by atoms with Crippen molar-refractivity contribution in [2.45, 2.75) is 61.3 Å². The van der Waals surface area contributed by atoms with Crippen LogP contribution >= 0.6 is 0 Å². The number of aliphatic hydroxyl groups is 4. The van der Waals surface area contributed by atoms with E-state index in [2.05, 4.69) is 0 Å². The van der Waals surface area contributed by atoms with Gasteiger partial charge < -0.3 is 49.6 Å². The SMILES string of the molecule is COC(=O)[C@@]12Oc3ccc(-c4ccc5c(c4O)C(=O)[C@@]4(O)C(=O)C[C@H](C)[C@@H](O)[C@]4(C(=O)OC)O5)c(O)c3C(=O)[C@@]1(O)C(=O)C[C@H](C)[C@H]2O. The number of esters is 2. The van der Waals surface area contributed by atoms with E-state index in [9.17, 15) is 59.4 Å². The van der Waals surface area contributed by atoms with Gasteiger partial charge in [0.05, 0.1) is 14.2 Å². The second kappa shape index (κ2) is 10.3. The number of phenolic OH excluding ortho intramolecular Hbond substituents is 2. The highest BCUT2D eigenvalue weighted by Crippen LogP contribution is 2.55. The molecule has 0 bridgehead atoms. The Kier molecular flexibility index (Phi) is 7.08. The lowest BCUT2D eigenvalue weighted by Crippen LogP contribution is -2.80. The van der Waals surface area contributed by atoms with Gasteiger partial charge in [-0.2, -0.15) is 0 Å². The zero-order chi connectivity index (χ0) is 35.5. The first-order chi connectivity index (χ1) is 22.4. The van der Waals surface area contributed by atoms with Gasteiger partial charge in [-0.15, -0.1) is 0 Å². The zero-order valence-electron chi connectivity index (χ0n) is 25.8. The smallest absolute Gasteiger partial charge is 0.357 e. The number of carbonyl (C=O) groups excluding carboxylic acids is 6. The minimum absolute atomic E-state index is 0.412. The third-order valence-corrected chi connectivity index (χ3v) is 10.0. The molecule has 4 aliphatic rings. The molecule has 2 aliphatic carbocycles. The van der Waals surface area contributed by atoms with Crippen LogP contribution in [0.5, 0.6) is 23.0 Å².